The number of anilines is 3. The van der Waals surface area contributed by atoms with E-state index in [2.05, 4.69) is 154 Å². The number of benzene rings is 8. The van der Waals surface area contributed by atoms with Crippen molar-refractivity contribution in [3.8, 4) is 23.5 Å². The summed E-state index contributed by atoms with van der Waals surface area (Å²) < 4.78 is 4.37. The van der Waals surface area contributed by atoms with Gasteiger partial charge in [-0.3, -0.25) is 0 Å². The lowest BCUT2D eigenvalue weighted by atomic mass is 10.0. The van der Waals surface area contributed by atoms with Crippen LogP contribution in [-0.4, -0.2) is 9.13 Å². The Morgan fingerprint density at radius 3 is 1.43 bits per heavy atom. The number of hydrogen-bond donors (Lipinski definition) is 0. The molecule has 0 aliphatic carbocycles. The fourth-order valence-electron chi connectivity index (χ4n) is 8.14. The standard InChI is InChI=1S/C48H29N5/c49-30-33-23-24-34(31-50)48(47(33)52-42-21-11-9-19-39(42)40-20-10-12-22-43(40)52)53-44-28-26-37(51(35-14-3-1-4-15-35)36-16-5-2-6-17-36)29-41(44)46-38-18-8-7-13-32(38)25-27-45(46)53/h1-29H. The van der Waals surface area contributed by atoms with Crippen molar-refractivity contribution in [2.45, 2.75) is 0 Å². The molecule has 10 rings (SSSR count). The Kier molecular flexibility index (Phi) is 6.86. The van der Waals surface area contributed by atoms with Gasteiger partial charge in [-0.1, -0.05) is 103 Å². The van der Waals surface area contributed by atoms with Crippen molar-refractivity contribution in [1.29, 1.82) is 10.5 Å². The first-order chi connectivity index (χ1) is 26.2. The molecule has 0 atom stereocenters. The van der Waals surface area contributed by atoms with Gasteiger partial charge in [-0.15, -0.1) is 0 Å². The van der Waals surface area contributed by atoms with Gasteiger partial charge in [0.1, 0.15) is 12.1 Å². The molecule has 0 bridgehead atoms. The van der Waals surface area contributed by atoms with Gasteiger partial charge in [-0.05, 0) is 83.6 Å². The number of nitriles is 2. The van der Waals surface area contributed by atoms with Gasteiger partial charge < -0.3 is 14.0 Å². The van der Waals surface area contributed by atoms with E-state index in [9.17, 15) is 10.5 Å². The lowest BCUT2D eigenvalue weighted by Gasteiger charge is -2.25. The summed E-state index contributed by atoms with van der Waals surface area (Å²) in [7, 11) is 0. The highest BCUT2D eigenvalue weighted by molar-refractivity contribution is 6.22. The summed E-state index contributed by atoms with van der Waals surface area (Å²) >= 11 is 0. The van der Waals surface area contributed by atoms with E-state index in [4.69, 9.17) is 0 Å². The van der Waals surface area contributed by atoms with Crippen molar-refractivity contribution in [1.82, 2.24) is 9.13 Å². The average molecular weight is 676 g/mol. The smallest absolute Gasteiger partial charge is 0.101 e. The number of fused-ring (bicyclic) bond motifs is 8. The predicted molar refractivity (Wildman–Crippen MR) is 217 cm³/mol. The normalized spacial score (nSPS) is 11.4. The highest BCUT2D eigenvalue weighted by atomic mass is 15.1. The Bertz CT molecular complexity index is 3050. The Labute approximate surface area is 305 Å². The molecule has 2 heterocycles. The summed E-state index contributed by atoms with van der Waals surface area (Å²) in [6.07, 6.45) is 0. The monoisotopic (exact) mass is 675 g/mol. The Balaban J connectivity index is 1.37. The topological polar surface area (TPSA) is 60.7 Å². The summed E-state index contributed by atoms with van der Waals surface area (Å²) in [5, 5.41) is 28.2. The first kappa shape index (κ1) is 30.2. The molecule has 0 aliphatic heterocycles. The summed E-state index contributed by atoms with van der Waals surface area (Å²) in [5.74, 6) is 0. The molecule has 0 saturated carbocycles. The van der Waals surface area contributed by atoms with Crippen LogP contribution in [0.1, 0.15) is 11.1 Å². The number of para-hydroxylation sites is 4. The first-order valence-corrected chi connectivity index (χ1v) is 17.6. The zero-order chi connectivity index (χ0) is 35.5. The van der Waals surface area contributed by atoms with E-state index in [0.29, 0.717) is 22.5 Å². The highest BCUT2D eigenvalue weighted by Crippen LogP contribution is 2.44. The first-order valence-electron chi connectivity index (χ1n) is 17.6. The summed E-state index contributed by atoms with van der Waals surface area (Å²) in [6.45, 7) is 0. The van der Waals surface area contributed by atoms with Crippen LogP contribution in [0.2, 0.25) is 0 Å². The third-order valence-corrected chi connectivity index (χ3v) is 10.3. The lowest BCUT2D eigenvalue weighted by Crippen LogP contribution is -2.10. The van der Waals surface area contributed by atoms with E-state index < -0.39 is 0 Å². The third-order valence-electron chi connectivity index (χ3n) is 10.3. The quantitative estimate of drug-likeness (QED) is 0.182. The minimum atomic E-state index is 0.479. The predicted octanol–water partition coefficient (Wildman–Crippen LogP) is 12.2. The van der Waals surface area contributed by atoms with Crippen LogP contribution in [0.3, 0.4) is 0 Å². The molecule has 5 heteroatoms. The minimum Gasteiger partial charge on any atom is -0.310 e. The molecule has 53 heavy (non-hydrogen) atoms. The maximum absolute atomic E-state index is 10.9. The van der Waals surface area contributed by atoms with E-state index in [1.54, 1.807) is 12.1 Å². The van der Waals surface area contributed by atoms with Crippen LogP contribution in [0.5, 0.6) is 0 Å². The molecular formula is C48H29N5. The van der Waals surface area contributed by atoms with E-state index in [1.165, 1.54) is 0 Å². The zero-order valence-corrected chi connectivity index (χ0v) is 28.5. The second-order valence-corrected chi connectivity index (χ2v) is 13.2. The summed E-state index contributed by atoms with van der Waals surface area (Å²) in [6, 6.07) is 65.3. The highest BCUT2D eigenvalue weighted by Gasteiger charge is 2.26. The molecule has 246 valence electrons. The largest absolute Gasteiger partial charge is 0.310 e. The number of rotatable bonds is 5. The van der Waals surface area contributed by atoms with Crippen molar-refractivity contribution in [2.24, 2.45) is 0 Å². The van der Waals surface area contributed by atoms with Crippen molar-refractivity contribution in [3.63, 3.8) is 0 Å². The molecule has 0 amide bonds. The molecule has 2 aromatic heterocycles. The molecule has 0 N–H and O–H groups in total. The van der Waals surface area contributed by atoms with Crippen LogP contribution in [0, 0.1) is 22.7 Å². The summed E-state index contributed by atoms with van der Waals surface area (Å²) in [4.78, 5) is 2.27. The molecule has 5 nitrogen and oxygen atoms in total. The Morgan fingerprint density at radius 1 is 0.377 bits per heavy atom. The molecule has 0 saturated heterocycles. The van der Waals surface area contributed by atoms with E-state index in [1.807, 2.05) is 36.4 Å². The van der Waals surface area contributed by atoms with Gasteiger partial charge in [0.15, 0.2) is 0 Å². The van der Waals surface area contributed by atoms with Gasteiger partial charge >= 0.3 is 0 Å². The van der Waals surface area contributed by atoms with Gasteiger partial charge in [-0.2, -0.15) is 10.5 Å². The van der Waals surface area contributed by atoms with Gasteiger partial charge in [0.05, 0.1) is 44.6 Å². The fraction of sp³-hybridized carbons (Fsp3) is 0. The molecular weight excluding hydrogens is 647 g/mol. The third kappa shape index (κ3) is 4.55. The van der Waals surface area contributed by atoms with Crippen LogP contribution < -0.4 is 4.90 Å². The second kappa shape index (κ2) is 12.0. The Morgan fingerprint density at radius 2 is 0.849 bits per heavy atom. The van der Waals surface area contributed by atoms with Crippen LogP contribution in [0.15, 0.2) is 176 Å². The van der Waals surface area contributed by atoms with Gasteiger partial charge in [0, 0.05) is 38.6 Å². The lowest BCUT2D eigenvalue weighted by molar-refractivity contribution is 1.08. The molecule has 0 spiro atoms. The van der Waals surface area contributed by atoms with Crippen LogP contribution in [0.25, 0.3) is 65.8 Å². The van der Waals surface area contributed by atoms with Crippen molar-refractivity contribution in [2.75, 3.05) is 4.90 Å². The SMILES string of the molecule is N#Cc1ccc(C#N)c(-n2c3ccc(N(c4ccccc4)c4ccccc4)cc3c3c4ccccc4ccc32)c1-n1c2ccccc2c2ccccc21. The van der Waals surface area contributed by atoms with Crippen LogP contribution in [-0.2, 0) is 0 Å². The molecule has 0 radical (unpaired) electrons. The molecule has 8 aromatic carbocycles. The number of nitrogens with zero attached hydrogens (tertiary/aromatic N) is 5. The van der Waals surface area contributed by atoms with Gasteiger partial charge in [-0.25, -0.2) is 0 Å². The second-order valence-electron chi connectivity index (χ2n) is 13.2. The van der Waals surface area contributed by atoms with Crippen molar-refractivity contribution < 1.29 is 0 Å². The Hall–Kier alpha value is -7.60. The van der Waals surface area contributed by atoms with E-state index in [0.717, 1.165) is 71.4 Å². The molecule has 0 unspecified atom stereocenters. The fourth-order valence-corrected chi connectivity index (χ4v) is 8.14. The van der Waals surface area contributed by atoms with E-state index in [-0.39, 0.29) is 0 Å². The molecule has 0 aliphatic rings. The minimum absolute atomic E-state index is 0.479. The van der Waals surface area contributed by atoms with Crippen molar-refractivity contribution in [3.05, 3.63) is 187 Å². The van der Waals surface area contributed by atoms with Crippen molar-refractivity contribution >= 4 is 71.4 Å². The van der Waals surface area contributed by atoms with Crippen LogP contribution >= 0.6 is 0 Å². The average Bonchev–Trinajstić information content (AvgIpc) is 3.74. The maximum Gasteiger partial charge on any atom is 0.101 e. The van der Waals surface area contributed by atoms with Gasteiger partial charge in [0.2, 0.25) is 0 Å². The maximum atomic E-state index is 10.9. The molecule has 0 fully saturated rings. The van der Waals surface area contributed by atoms with Crippen LogP contribution in [0.4, 0.5) is 17.1 Å². The molecule has 10 aromatic rings. The number of hydrogen-bond acceptors (Lipinski definition) is 3. The van der Waals surface area contributed by atoms with Gasteiger partial charge in [0.25, 0.3) is 0 Å². The number of aromatic nitrogens is 2. The zero-order valence-electron chi connectivity index (χ0n) is 28.5. The summed E-state index contributed by atoms with van der Waals surface area (Å²) in [5.41, 5.74) is 9.25. The van der Waals surface area contributed by atoms with E-state index >= 15 is 0 Å².